The van der Waals surface area contributed by atoms with Gasteiger partial charge in [-0.25, -0.2) is 0 Å². The average Bonchev–Trinajstić information content (AvgIpc) is 2.94. The number of hydrogen-bond donors (Lipinski definition) is 0. The summed E-state index contributed by atoms with van der Waals surface area (Å²) in [5.41, 5.74) is 3.01. The van der Waals surface area contributed by atoms with Crippen molar-refractivity contribution in [3.63, 3.8) is 0 Å². The Labute approximate surface area is 112 Å². The first kappa shape index (κ1) is 14.1. The zero-order valence-electron chi connectivity index (χ0n) is 12.4. The van der Waals surface area contributed by atoms with Gasteiger partial charge in [-0.05, 0) is 54.6 Å². The predicted octanol–water partition coefficient (Wildman–Crippen LogP) is 3.67. The standard InChI is InChI=1S/C16H28O2/c1-11(2)15-9-18-8-14(15)6-5-12(3)16-10-17-7-13(16)4/h11-12,14-15H,5-10H2,1-4H3. The molecular weight excluding hydrogens is 224 g/mol. The maximum absolute atomic E-state index is 5.67. The van der Waals surface area contributed by atoms with Gasteiger partial charge in [-0.3, -0.25) is 0 Å². The van der Waals surface area contributed by atoms with E-state index in [9.17, 15) is 0 Å². The van der Waals surface area contributed by atoms with E-state index < -0.39 is 0 Å². The summed E-state index contributed by atoms with van der Waals surface area (Å²) in [6, 6.07) is 0. The summed E-state index contributed by atoms with van der Waals surface area (Å²) in [5, 5.41) is 0. The van der Waals surface area contributed by atoms with Crippen LogP contribution in [-0.4, -0.2) is 26.4 Å². The minimum Gasteiger partial charge on any atom is -0.381 e. The van der Waals surface area contributed by atoms with Crippen LogP contribution in [0.1, 0.15) is 40.5 Å². The second kappa shape index (κ2) is 6.21. The molecule has 2 heterocycles. The van der Waals surface area contributed by atoms with Gasteiger partial charge >= 0.3 is 0 Å². The Kier molecular flexibility index (Phi) is 4.85. The van der Waals surface area contributed by atoms with E-state index in [0.29, 0.717) is 5.92 Å². The molecule has 0 amide bonds. The fourth-order valence-electron chi connectivity index (χ4n) is 3.38. The van der Waals surface area contributed by atoms with E-state index >= 15 is 0 Å². The zero-order chi connectivity index (χ0) is 13.1. The van der Waals surface area contributed by atoms with Gasteiger partial charge in [0.25, 0.3) is 0 Å². The SMILES string of the molecule is CC1=C(C(C)CCC2COCC2C(C)C)COC1. The molecule has 2 aliphatic heterocycles. The summed E-state index contributed by atoms with van der Waals surface area (Å²) >= 11 is 0. The van der Waals surface area contributed by atoms with Crippen LogP contribution in [0.5, 0.6) is 0 Å². The van der Waals surface area contributed by atoms with Crippen LogP contribution in [0.2, 0.25) is 0 Å². The van der Waals surface area contributed by atoms with Crippen LogP contribution in [0.15, 0.2) is 11.1 Å². The summed E-state index contributed by atoms with van der Waals surface area (Å²) < 4.78 is 11.2. The first-order valence-electron chi connectivity index (χ1n) is 7.43. The van der Waals surface area contributed by atoms with Crippen molar-refractivity contribution >= 4 is 0 Å². The maximum atomic E-state index is 5.67. The van der Waals surface area contributed by atoms with Gasteiger partial charge in [-0.2, -0.15) is 0 Å². The fraction of sp³-hybridized carbons (Fsp3) is 0.875. The Morgan fingerprint density at radius 1 is 1.11 bits per heavy atom. The van der Waals surface area contributed by atoms with Crippen molar-refractivity contribution in [2.24, 2.45) is 23.7 Å². The number of ether oxygens (including phenoxy) is 2. The highest BCUT2D eigenvalue weighted by atomic mass is 16.5. The van der Waals surface area contributed by atoms with Crippen molar-refractivity contribution in [1.82, 2.24) is 0 Å². The van der Waals surface area contributed by atoms with Crippen LogP contribution in [0, 0.1) is 23.7 Å². The minimum atomic E-state index is 0.681. The second-order valence-corrected chi connectivity index (χ2v) is 6.48. The van der Waals surface area contributed by atoms with Crippen molar-refractivity contribution in [1.29, 1.82) is 0 Å². The summed E-state index contributed by atoms with van der Waals surface area (Å²) in [4.78, 5) is 0. The molecule has 0 radical (unpaired) electrons. The molecule has 2 nitrogen and oxygen atoms in total. The molecule has 0 aromatic heterocycles. The van der Waals surface area contributed by atoms with Crippen LogP contribution < -0.4 is 0 Å². The number of rotatable bonds is 5. The van der Waals surface area contributed by atoms with Crippen molar-refractivity contribution in [2.45, 2.75) is 40.5 Å². The molecule has 0 N–H and O–H groups in total. The molecule has 0 bridgehead atoms. The lowest BCUT2D eigenvalue weighted by atomic mass is 9.81. The first-order valence-corrected chi connectivity index (χ1v) is 7.43. The highest BCUT2D eigenvalue weighted by Crippen LogP contribution is 2.34. The van der Waals surface area contributed by atoms with Gasteiger partial charge in [0, 0.05) is 13.2 Å². The molecule has 0 aromatic rings. The Bertz CT molecular complexity index is 306. The average molecular weight is 252 g/mol. The van der Waals surface area contributed by atoms with E-state index in [1.165, 1.54) is 18.4 Å². The highest BCUT2D eigenvalue weighted by molar-refractivity contribution is 5.19. The van der Waals surface area contributed by atoms with Crippen LogP contribution in [-0.2, 0) is 9.47 Å². The van der Waals surface area contributed by atoms with E-state index in [1.54, 1.807) is 5.57 Å². The van der Waals surface area contributed by atoms with Gasteiger partial charge < -0.3 is 9.47 Å². The molecular formula is C16H28O2. The normalized spacial score (nSPS) is 30.5. The Morgan fingerprint density at radius 2 is 1.89 bits per heavy atom. The molecule has 2 rings (SSSR count). The van der Waals surface area contributed by atoms with E-state index in [-0.39, 0.29) is 0 Å². The topological polar surface area (TPSA) is 18.5 Å². The van der Waals surface area contributed by atoms with Crippen molar-refractivity contribution < 1.29 is 9.47 Å². The third-order valence-electron chi connectivity index (χ3n) is 4.79. The van der Waals surface area contributed by atoms with Crippen LogP contribution in [0.25, 0.3) is 0 Å². The van der Waals surface area contributed by atoms with E-state index in [1.807, 2.05) is 0 Å². The fourth-order valence-corrected chi connectivity index (χ4v) is 3.38. The Morgan fingerprint density at radius 3 is 2.50 bits per heavy atom. The third kappa shape index (κ3) is 3.16. The van der Waals surface area contributed by atoms with Crippen molar-refractivity contribution in [2.75, 3.05) is 26.4 Å². The number of hydrogen-bond acceptors (Lipinski definition) is 2. The lowest BCUT2D eigenvalue weighted by Gasteiger charge is -2.23. The second-order valence-electron chi connectivity index (χ2n) is 6.48. The van der Waals surface area contributed by atoms with Crippen LogP contribution in [0.3, 0.4) is 0 Å². The zero-order valence-corrected chi connectivity index (χ0v) is 12.4. The quantitative estimate of drug-likeness (QED) is 0.695. The molecule has 0 aromatic carbocycles. The first-order chi connectivity index (χ1) is 8.59. The maximum Gasteiger partial charge on any atom is 0.0687 e. The summed E-state index contributed by atoms with van der Waals surface area (Å²) in [7, 11) is 0. The molecule has 3 atom stereocenters. The van der Waals surface area contributed by atoms with Crippen molar-refractivity contribution in [3.8, 4) is 0 Å². The van der Waals surface area contributed by atoms with Gasteiger partial charge in [0.15, 0.2) is 0 Å². The van der Waals surface area contributed by atoms with E-state index in [4.69, 9.17) is 9.47 Å². The summed E-state index contributed by atoms with van der Waals surface area (Å²) in [6.45, 7) is 12.9. The lowest BCUT2D eigenvalue weighted by Crippen LogP contribution is -2.19. The molecule has 0 aliphatic carbocycles. The molecule has 2 heteroatoms. The van der Waals surface area contributed by atoms with Crippen molar-refractivity contribution in [3.05, 3.63) is 11.1 Å². The minimum absolute atomic E-state index is 0.681. The highest BCUT2D eigenvalue weighted by Gasteiger charge is 2.30. The molecule has 1 fully saturated rings. The summed E-state index contributed by atoms with van der Waals surface area (Å²) in [5.74, 6) is 2.98. The van der Waals surface area contributed by atoms with Gasteiger partial charge in [-0.15, -0.1) is 0 Å². The van der Waals surface area contributed by atoms with Gasteiger partial charge in [0.05, 0.1) is 13.2 Å². The molecule has 2 aliphatic rings. The monoisotopic (exact) mass is 252 g/mol. The Balaban J connectivity index is 1.82. The van der Waals surface area contributed by atoms with E-state index in [0.717, 1.165) is 44.2 Å². The largest absolute Gasteiger partial charge is 0.381 e. The molecule has 104 valence electrons. The molecule has 3 unspecified atom stereocenters. The molecule has 1 saturated heterocycles. The summed E-state index contributed by atoms with van der Waals surface area (Å²) in [6.07, 6.45) is 2.59. The predicted molar refractivity (Wildman–Crippen MR) is 74.6 cm³/mol. The third-order valence-corrected chi connectivity index (χ3v) is 4.79. The molecule has 18 heavy (non-hydrogen) atoms. The van der Waals surface area contributed by atoms with Gasteiger partial charge in [0.2, 0.25) is 0 Å². The Hall–Kier alpha value is -0.340. The van der Waals surface area contributed by atoms with Gasteiger partial charge in [0.1, 0.15) is 0 Å². The van der Waals surface area contributed by atoms with Crippen LogP contribution in [0.4, 0.5) is 0 Å². The van der Waals surface area contributed by atoms with Gasteiger partial charge in [-0.1, -0.05) is 20.8 Å². The lowest BCUT2D eigenvalue weighted by molar-refractivity contribution is 0.174. The van der Waals surface area contributed by atoms with E-state index in [2.05, 4.69) is 27.7 Å². The molecule has 0 spiro atoms. The smallest absolute Gasteiger partial charge is 0.0687 e. The van der Waals surface area contributed by atoms with Crippen LogP contribution >= 0.6 is 0 Å². The molecule has 0 saturated carbocycles.